The molecular weight excluding hydrogens is 428 g/mol. The Morgan fingerprint density at radius 1 is 1.47 bits per heavy atom. The Bertz CT molecular complexity index is 438. The fourth-order valence-corrected chi connectivity index (χ4v) is 1.33. The molecule has 0 fully saturated rings. The third-order valence-electron chi connectivity index (χ3n) is 2.13. The zero-order valence-corrected chi connectivity index (χ0v) is 11.0. The van der Waals surface area contributed by atoms with Gasteiger partial charge in [0.15, 0.2) is 11.5 Å². The van der Waals surface area contributed by atoms with Crippen LogP contribution in [0, 0.1) is 12.0 Å². The summed E-state index contributed by atoms with van der Waals surface area (Å²) in [5.74, 6) is 0.454. The van der Waals surface area contributed by atoms with Gasteiger partial charge in [0.05, 0.1) is 0 Å². The molecule has 2 rings (SSSR count). The minimum atomic E-state index is -0.0282. The summed E-state index contributed by atoms with van der Waals surface area (Å²) < 4.78 is 5.42. The van der Waals surface area contributed by atoms with Gasteiger partial charge in [0.2, 0.25) is 0 Å². The van der Waals surface area contributed by atoms with Gasteiger partial charge in [-0.2, -0.15) is 18.2 Å². The van der Waals surface area contributed by atoms with E-state index in [9.17, 15) is 4.79 Å². The van der Waals surface area contributed by atoms with E-state index in [-0.39, 0.29) is 11.7 Å². The molecule has 0 saturated heterocycles. The minimum absolute atomic E-state index is 0. The number of hydrogen-bond acceptors (Lipinski definition) is 2. The number of furan rings is 1. The summed E-state index contributed by atoms with van der Waals surface area (Å²) in [5, 5.41) is 0.927. The molecule has 2 nitrogen and oxygen atoms in total. The summed E-state index contributed by atoms with van der Waals surface area (Å²) in [6.45, 7) is 3.73. The number of benzene rings is 1. The van der Waals surface area contributed by atoms with Gasteiger partial charge in [0.1, 0.15) is 0 Å². The number of ketones is 1. The zero-order chi connectivity index (χ0) is 10.1. The van der Waals surface area contributed by atoms with E-state index in [4.69, 9.17) is 4.42 Å². The van der Waals surface area contributed by atoms with Crippen molar-refractivity contribution in [3.63, 3.8) is 0 Å². The summed E-state index contributed by atoms with van der Waals surface area (Å²) in [4.78, 5) is 11.6. The van der Waals surface area contributed by atoms with E-state index in [0.717, 1.165) is 11.0 Å². The summed E-state index contributed by atoms with van der Waals surface area (Å²) in [6.07, 6.45) is 0. The molecule has 0 saturated carbocycles. The second-order valence-corrected chi connectivity index (χ2v) is 3.59. The van der Waals surface area contributed by atoms with Crippen molar-refractivity contribution >= 4 is 16.8 Å². The topological polar surface area (TPSA) is 30.2 Å². The molecule has 0 spiro atoms. The van der Waals surface area contributed by atoms with Crippen molar-refractivity contribution in [1.29, 1.82) is 0 Å². The standard InChI is InChI=1S/C12H11O2.Es/c1-8(2)12(13)11-7-9-5-3-4-6-10(9)14-11;/h4-8H,1-2H3;/q-1;. The molecule has 2 aromatic rings. The average Bonchev–Trinajstić information content (AvgIpc) is 2.59. The molecule has 83 valence electrons. The summed E-state index contributed by atoms with van der Waals surface area (Å²) in [7, 11) is 0. The van der Waals surface area contributed by atoms with E-state index in [0.29, 0.717) is 5.76 Å². The van der Waals surface area contributed by atoms with E-state index in [1.807, 2.05) is 26.0 Å². The molecule has 0 aliphatic heterocycles. The van der Waals surface area contributed by atoms with Gasteiger partial charge >= 0.3 is 0 Å². The second-order valence-electron chi connectivity index (χ2n) is 3.59. The summed E-state index contributed by atoms with van der Waals surface area (Å²) in [6, 6.07) is 10.1. The Hall–Kier alpha value is -2.57. The first-order valence-electron chi connectivity index (χ1n) is 4.62. The van der Waals surface area contributed by atoms with Crippen LogP contribution in [0.4, 0.5) is 0 Å². The predicted octanol–water partition coefficient (Wildman–Crippen LogP) is 3.07. The Kier molecular flexibility index (Phi) is 2.57. The van der Waals surface area contributed by atoms with Crippen LogP contribution in [0.15, 0.2) is 28.7 Å². The van der Waals surface area contributed by atoms with Crippen molar-refractivity contribution in [1.82, 2.24) is 0 Å². The molecule has 0 bridgehead atoms. The van der Waals surface area contributed by atoms with Gasteiger partial charge in [-0.25, -0.2) is 0 Å². The quantitative estimate of drug-likeness (QED) is 0.532. The van der Waals surface area contributed by atoms with Gasteiger partial charge in [-0.3, -0.25) is 4.79 Å². The SMILES string of the molecule is CC(C)C(=O)c1cc2c[c-]ccc2o1.[Es]. The third kappa shape index (κ3) is 1.70. The van der Waals surface area contributed by atoms with Crippen LogP contribution in [0.1, 0.15) is 24.4 Å². The predicted molar refractivity (Wildman–Crippen MR) is 54.2 cm³/mol. The number of carbonyl (C=O) groups is 1. The first-order chi connectivity index (χ1) is 6.68. The van der Waals surface area contributed by atoms with Gasteiger partial charge < -0.3 is 4.42 Å². The maximum Gasteiger partial charge on any atom is 0.199 e. The van der Waals surface area contributed by atoms with E-state index in [1.54, 1.807) is 12.1 Å². The van der Waals surface area contributed by atoms with Crippen molar-refractivity contribution in [2.45, 2.75) is 13.8 Å². The van der Waals surface area contributed by atoms with Crippen molar-refractivity contribution < 1.29 is 9.21 Å². The Morgan fingerprint density at radius 2 is 2.20 bits per heavy atom. The Labute approximate surface area is 82.5 Å². The van der Waals surface area contributed by atoms with E-state index in [2.05, 4.69) is 6.07 Å². The van der Waals surface area contributed by atoms with E-state index in [1.165, 1.54) is 0 Å². The average molecular weight is 439 g/mol. The van der Waals surface area contributed by atoms with Gasteiger partial charge in [-0.1, -0.05) is 25.3 Å². The maximum atomic E-state index is 11.6. The van der Waals surface area contributed by atoms with Gasteiger partial charge in [-0.15, -0.1) is 6.07 Å². The van der Waals surface area contributed by atoms with E-state index >= 15 is 0 Å². The number of fused-ring (bicyclic) bond motifs is 1. The Balaban J connectivity index is 0.00000112. The monoisotopic (exact) mass is 439 g/mol. The van der Waals surface area contributed by atoms with Gasteiger partial charge in [-0.05, 0) is 0 Å². The number of rotatable bonds is 2. The normalized spacial score (nSPS) is 10.3. The summed E-state index contributed by atoms with van der Waals surface area (Å²) >= 11 is 0. The largest absolute Gasteiger partial charge is 0.480 e. The molecule has 1 radical (unpaired) electrons. The van der Waals surface area contributed by atoms with Crippen molar-refractivity contribution in [2.75, 3.05) is 0 Å². The zero-order valence-electron chi connectivity index (χ0n) is 8.50. The molecule has 0 atom stereocenters. The molecule has 1 heterocycles. The number of carbonyl (C=O) groups excluding carboxylic acids is 1. The molecular formula is C12H11EsO2-. The third-order valence-corrected chi connectivity index (χ3v) is 2.13. The number of Topliss-reactive ketones (excluding diaryl/α,β-unsaturated/α-hetero) is 1. The smallest absolute Gasteiger partial charge is 0.199 e. The maximum absolute atomic E-state index is 11.6. The van der Waals surface area contributed by atoms with Crippen molar-refractivity contribution in [2.24, 2.45) is 5.92 Å². The second kappa shape index (κ2) is 3.66. The van der Waals surface area contributed by atoms with Gasteiger partial charge in [0, 0.05) is 11.5 Å². The van der Waals surface area contributed by atoms with Crippen LogP contribution in [0.5, 0.6) is 0 Å². The first-order valence-corrected chi connectivity index (χ1v) is 4.62. The molecule has 1 aromatic heterocycles. The number of hydrogen-bond donors (Lipinski definition) is 0. The van der Waals surface area contributed by atoms with Crippen LogP contribution in [-0.2, 0) is 0 Å². The fraction of sp³-hybridized carbons (Fsp3) is 0.250. The van der Waals surface area contributed by atoms with Crippen molar-refractivity contribution in [3.8, 4) is 0 Å². The first kappa shape index (κ1) is 10.5. The van der Waals surface area contributed by atoms with Crippen LogP contribution >= 0.6 is 0 Å². The molecule has 3 heteroatoms. The minimum Gasteiger partial charge on any atom is -0.480 e. The molecule has 0 aliphatic rings. The van der Waals surface area contributed by atoms with Crippen LogP contribution in [0.25, 0.3) is 11.0 Å². The molecule has 0 N–H and O–H groups in total. The Morgan fingerprint density at radius 3 is 2.80 bits per heavy atom. The molecule has 0 unspecified atom stereocenters. The molecule has 0 aliphatic carbocycles. The van der Waals surface area contributed by atoms with Gasteiger partial charge in [0.25, 0.3) is 0 Å². The van der Waals surface area contributed by atoms with Crippen molar-refractivity contribution in [3.05, 3.63) is 36.1 Å². The van der Waals surface area contributed by atoms with Crippen LogP contribution in [0.2, 0.25) is 0 Å². The molecule has 1 aromatic carbocycles. The van der Waals surface area contributed by atoms with Crippen LogP contribution in [0.3, 0.4) is 0 Å². The summed E-state index contributed by atoms with van der Waals surface area (Å²) in [5.41, 5.74) is 0.743. The molecule has 0 amide bonds. The van der Waals surface area contributed by atoms with E-state index < -0.39 is 0 Å². The van der Waals surface area contributed by atoms with Crippen LogP contribution in [-0.4, -0.2) is 5.78 Å². The molecule has 15 heavy (non-hydrogen) atoms. The fourth-order valence-electron chi connectivity index (χ4n) is 1.33. The van der Waals surface area contributed by atoms with Crippen LogP contribution < -0.4 is 0 Å².